The van der Waals surface area contributed by atoms with Gasteiger partial charge in [0.25, 0.3) is 5.69 Å². The first-order chi connectivity index (χ1) is 11.3. The van der Waals surface area contributed by atoms with Crippen molar-refractivity contribution < 1.29 is 18.7 Å². The summed E-state index contributed by atoms with van der Waals surface area (Å²) < 4.78 is 20.1. The second-order valence-electron chi connectivity index (χ2n) is 7.08. The summed E-state index contributed by atoms with van der Waals surface area (Å²) in [7, 11) is -0.309. The molecule has 1 rings (SSSR count). The van der Waals surface area contributed by atoms with Crippen molar-refractivity contribution in [3.63, 3.8) is 0 Å². The fourth-order valence-corrected chi connectivity index (χ4v) is 3.74. The zero-order chi connectivity index (χ0) is 19.6. The van der Waals surface area contributed by atoms with E-state index in [2.05, 4.69) is 20.7 Å². The molecule has 9 heteroatoms. The third-order valence-electron chi connectivity index (χ3n) is 3.73. The lowest BCUT2D eigenvalue weighted by atomic mass is 9.80. The number of nitrogens with zero attached hydrogens (tertiary/aromatic N) is 1. The third-order valence-corrected chi connectivity index (χ3v) is 5.93. The lowest BCUT2D eigenvalue weighted by Crippen LogP contribution is -2.45. The lowest BCUT2D eigenvalue weighted by Gasteiger charge is -2.34. The van der Waals surface area contributed by atoms with Crippen LogP contribution in [0.15, 0.2) is 22.7 Å². The highest BCUT2D eigenvalue weighted by molar-refractivity contribution is 9.10. The van der Waals surface area contributed by atoms with E-state index >= 15 is 0 Å². The molecule has 0 aliphatic heterocycles. The number of esters is 1. The van der Waals surface area contributed by atoms with E-state index in [-0.39, 0.29) is 15.7 Å². The van der Waals surface area contributed by atoms with E-state index < -0.39 is 38.1 Å². The number of carbonyl (C=O) groups excluding carboxylic acids is 1. The van der Waals surface area contributed by atoms with Gasteiger partial charge in [-0.25, -0.2) is 8.93 Å². The number of nitro benzene ring substituents is 1. The van der Waals surface area contributed by atoms with E-state index in [1.54, 1.807) is 52.8 Å². The number of hydrogen-bond donors (Lipinski definition) is 1. The van der Waals surface area contributed by atoms with Crippen molar-refractivity contribution in [2.75, 3.05) is 7.11 Å². The summed E-state index contributed by atoms with van der Waals surface area (Å²) in [6, 6.07) is 3.84. The van der Waals surface area contributed by atoms with Gasteiger partial charge < -0.3 is 4.74 Å². The Kier molecular flexibility index (Phi) is 6.88. The number of nitrogens with one attached hydrogen (secondary N) is 1. The molecule has 1 aromatic rings. The average molecular weight is 435 g/mol. The Hall–Kier alpha value is -1.32. The van der Waals surface area contributed by atoms with Crippen molar-refractivity contribution in [1.29, 1.82) is 0 Å². The van der Waals surface area contributed by atoms with E-state index in [1.165, 1.54) is 7.11 Å². The summed E-state index contributed by atoms with van der Waals surface area (Å²) in [6.45, 7) is 8.51. The Balaban J connectivity index is 3.59. The van der Waals surface area contributed by atoms with Gasteiger partial charge in [0.2, 0.25) is 0 Å². The standard InChI is InChI=1S/C16H23BrN2O5S/c1-15(2,3)25(23)18-13(16(4,5)14(20)24-6)10-8-7-9-11(17)12(10)19(21)22/h7-9,13,18H,1-6H3/t13?,25-/m0/s1. The Bertz CT molecular complexity index is 700. The Labute approximate surface area is 158 Å². The summed E-state index contributed by atoms with van der Waals surface area (Å²) in [5.41, 5.74) is -1.11. The van der Waals surface area contributed by atoms with Gasteiger partial charge in [-0.1, -0.05) is 12.1 Å². The number of hydrogen-bond acceptors (Lipinski definition) is 5. The monoisotopic (exact) mass is 434 g/mol. The molecule has 1 aromatic carbocycles. The molecule has 2 atom stereocenters. The molecule has 0 radical (unpaired) electrons. The number of rotatable bonds is 6. The molecular weight excluding hydrogens is 412 g/mol. The van der Waals surface area contributed by atoms with Crippen LogP contribution in [0.1, 0.15) is 46.2 Å². The largest absolute Gasteiger partial charge is 0.469 e. The van der Waals surface area contributed by atoms with Gasteiger partial charge in [0.15, 0.2) is 0 Å². The maximum Gasteiger partial charge on any atom is 0.313 e. The normalized spacial score (nSPS) is 14.7. The average Bonchev–Trinajstić information content (AvgIpc) is 2.49. The number of benzene rings is 1. The number of methoxy groups -OCH3 is 1. The number of halogens is 1. The first kappa shape index (κ1) is 21.7. The van der Waals surface area contributed by atoms with E-state index in [1.807, 2.05) is 0 Å². The highest BCUT2D eigenvalue weighted by Gasteiger charge is 2.44. The number of ether oxygens (including phenoxy) is 1. The minimum absolute atomic E-state index is 0.178. The van der Waals surface area contributed by atoms with Gasteiger partial charge in [-0.2, -0.15) is 0 Å². The molecule has 0 saturated carbocycles. The minimum Gasteiger partial charge on any atom is -0.469 e. The summed E-state index contributed by atoms with van der Waals surface area (Å²) in [6.07, 6.45) is 0. The van der Waals surface area contributed by atoms with Gasteiger partial charge in [-0.15, -0.1) is 0 Å². The smallest absolute Gasteiger partial charge is 0.313 e. The highest BCUT2D eigenvalue weighted by Crippen LogP contribution is 2.42. The number of carbonyl (C=O) groups is 1. The van der Waals surface area contributed by atoms with Crippen LogP contribution in [-0.2, 0) is 20.5 Å². The van der Waals surface area contributed by atoms with Crippen LogP contribution in [0.2, 0.25) is 0 Å². The molecule has 0 bridgehead atoms. The topological polar surface area (TPSA) is 98.5 Å². The molecule has 1 N–H and O–H groups in total. The SMILES string of the molecule is COC(=O)C(C)(C)C(N[S@@](=O)C(C)(C)C)c1cccc(Br)c1[N+](=O)[O-]. The molecule has 25 heavy (non-hydrogen) atoms. The molecule has 0 spiro atoms. The number of para-hydroxylation sites is 1. The van der Waals surface area contributed by atoms with Gasteiger partial charge in [0.1, 0.15) is 0 Å². The maximum atomic E-state index is 12.6. The molecule has 140 valence electrons. The summed E-state index contributed by atoms with van der Waals surface area (Å²) in [5.74, 6) is -0.565. The van der Waals surface area contributed by atoms with Gasteiger partial charge >= 0.3 is 5.97 Å². The molecule has 0 fully saturated rings. The Morgan fingerprint density at radius 3 is 2.32 bits per heavy atom. The molecule has 1 unspecified atom stereocenters. The van der Waals surface area contributed by atoms with Crippen LogP contribution in [0.25, 0.3) is 0 Å². The fraction of sp³-hybridized carbons (Fsp3) is 0.562. The third kappa shape index (κ3) is 4.86. The highest BCUT2D eigenvalue weighted by atomic mass is 79.9. The zero-order valence-electron chi connectivity index (χ0n) is 15.1. The first-order valence-corrected chi connectivity index (χ1v) is 9.47. The molecule has 0 heterocycles. The molecule has 7 nitrogen and oxygen atoms in total. The molecule has 0 aromatic heterocycles. The zero-order valence-corrected chi connectivity index (χ0v) is 17.5. The predicted molar refractivity (Wildman–Crippen MR) is 100 cm³/mol. The second-order valence-corrected chi connectivity index (χ2v) is 9.93. The van der Waals surface area contributed by atoms with Crippen LogP contribution < -0.4 is 4.72 Å². The van der Waals surface area contributed by atoms with Crippen molar-refractivity contribution in [3.05, 3.63) is 38.3 Å². The van der Waals surface area contributed by atoms with Crippen molar-refractivity contribution in [2.24, 2.45) is 5.41 Å². The van der Waals surface area contributed by atoms with Gasteiger partial charge in [-0.05, 0) is 56.6 Å². The summed E-state index contributed by atoms with van der Waals surface area (Å²) >= 11 is 3.18. The van der Waals surface area contributed by atoms with Gasteiger partial charge in [-0.3, -0.25) is 14.9 Å². The molecule has 0 saturated heterocycles. The van der Waals surface area contributed by atoms with Crippen LogP contribution >= 0.6 is 15.9 Å². The van der Waals surface area contributed by atoms with Crippen LogP contribution in [0, 0.1) is 15.5 Å². The van der Waals surface area contributed by atoms with Crippen LogP contribution in [0.3, 0.4) is 0 Å². The van der Waals surface area contributed by atoms with Gasteiger partial charge in [0.05, 0.1) is 49.3 Å². The van der Waals surface area contributed by atoms with Crippen molar-refractivity contribution in [3.8, 4) is 0 Å². The fourth-order valence-electron chi connectivity index (χ4n) is 2.22. The Morgan fingerprint density at radius 2 is 1.88 bits per heavy atom. The van der Waals surface area contributed by atoms with Crippen molar-refractivity contribution in [2.45, 2.75) is 45.4 Å². The van der Waals surface area contributed by atoms with E-state index in [0.29, 0.717) is 0 Å². The summed E-state index contributed by atoms with van der Waals surface area (Å²) in [5, 5.41) is 11.6. The minimum atomic E-state index is -1.56. The van der Waals surface area contributed by atoms with E-state index in [9.17, 15) is 19.1 Å². The quantitative estimate of drug-likeness (QED) is 0.418. The van der Waals surface area contributed by atoms with Crippen LogP contribution in [-0.4, -0.2) is 27.0 Å². The van der Waals surface area contributed by atoms with Crippen molar-refractivity contribution in [1.82, 2.24) is 4.72 Å². The van der Waals surface area contributed by atoms with E-state index in [4.69, 9.17) is 4.74 Å². The summed E-state index contributed by atoms with van der Waals surface area (Å²) in [4.78, 5) is 23.3. The number of nitro groups is 1. The van der Waals surface area contributed by atoms with Crippen molar-refractivity contribution >= 4 is 38.6 Å². The molecule has 0 aliphatic carbocycles. The van der Waals surface area contributed by atoms with Crippen LogP contribution in [0.4, 0.5) is 5.69 Å². The molecule has 0 aliphatic rings. The molecule has 0 amide bonds. The second kappa shape index (κ2) is 7.92. The van der Waals surface area contributed by atoms with Gasteiger partial charge in [0, 0.05) is 0 Å². The van der Waals surface area contributed by atoms with E-state index in [0.717, 1.165) is 0 Å². The van der Waals surface area contributed by atoms with Crippen LogP contribution in [0.5, 0.6) is 0 Å². The maximum absolute atomic E-state index is 12.6. The Morgan fingerprint density at radius 1 is 1.32 bits per heavy atom. The molecular formula is C16H23BrN2O5S. The first-order valence-electron chi connectivity index (χ1n) is 7.53. The lowest BCUT2D eigenvalue weighted by molar-refractivity contribution is -0.386. The predicted octanol–water partition coefficient (Wildman–Crippen LogP) is 3.65.